The van der Waals surface area contributed by atoms with E-state index in [1.165, 1.54) is 0 Å². The van der Waals surface area contributed by atoms with Crippen LogP contribution in [0.2, 0.25) is 0 Å². The monoisotopic (exact) mass is 99.0 g/mol. The van der Waals surface area contributed by atoms with E-state index in [0.29, 0.717) is 0 Å². The van der Waals surface area contributed by atoms with Gasteiger partial charge in [-0.2, -0.15) is 0 Å². The molecule has 1 aliphatic heterocycles. The number of rotatable bonds is 1. The van der Waals surface area contributed by atoms with E-state index < -0.39 is 0 Å². The van der Waals surface area contributed by atoms with Crippen LogP contribution >= 0.6 is 0 Å². The fraction of sp³-hybridized carbons (Fsp3) is 0.400. The van der Waals surface area contributed by atoms with E-state index in [2.05, 4.69) is 0 Å². The summed E-state index contributed by atoms with van der Waals surface area (Å²) < 4.78 is 9.56. The first-order chi connectivity index (χ1) is 3.43. The molecule has 2 heteroatoms. The highest BCUT2D eigenvalue weighted by molar-refractivity contribution is 4.96. The third kappa shape index (κ3) is 0.933. The highest BCUT2D eigenvalue weighted by atomic mass is 16.5. The molecule has 1 heterocycles. The van der Waals surface area contributed by atoms with Crippen molar-refractivity contribution in [2.24, 2.45) is 0 Å². The zero-order valence-corrected chi connectivity index (χ0v) is 4.13. The topological polar surface area (TPSA) is 18.5 Å². The highest BCUT2D eigenvalue weighted by Gasteiger charge is 2.07. The molecule has 0 N–H and O–H groups in total. The molecule has 0 aliphatic carbocycles. The summed E-state index contributed by atoms with van der Waals surface area (Å²) in [6.45, 7) is 1.62. The first-order valence-electron chi connectivity index (χ1n) is 2.12. The maximum absolute atomic E-state index is 4.84. The number of methoxy groups -OCH3 is 1. The van der Waals surface area contributed by atoms with Crippen LogP contribution in [-0.4, -0.2) is 13.2 Å². The van der Waals surface area contributed by atoms with E-state index >= 15 is 0 Å². The fourth-order valence-corrected chi connectivity index (χ4v) is 0.425. The minimum atomic E-state index is 0.0694. The lowest BCUT2D eigenvalue weighted by molar-refractivity contribution is 0.135. The van der Waals surface area contributed by atoms with Crippen LogP contribution < -0.4 is 0 Å². The van der Waals surface area contributed by atoms with E-state index in [-0.39, 0.29) is 6.10 Å². The predicted octanol–water partition coefficient (Wildman–Crippen LogP) is 0.707. The van der Waals surface area contributed by atoms with Crippen molar-refractivity contribution in [2.45, 2.75) is 6.10 Å². The molecule has 0 spiro atoms. The smallest absolute Gasteiger partial charge is 0.167 e. The van der Waals surface area contributed by atoms with Gasteiger partial charge >= 0.3 is 0 Å². The van der Waals surface area contributed by atoms with Crippen molar-refractivity contribution in [3.8, 4) is 0 Å². The lowest BCUT2D eigenvalue weighted by atomic mass is 10.4. The van der Waals surface area contributed by atoms with Crippen LogP contribution in [0.3, 0.4) is 0 Å². The Balaban J connectivity index is 2.28. The van der Waals surface area contributed by atoms with Gasteiger partial charge in [-0.3, -0.25) is 0 Å². The van der Waals surface area contributed by atoms with Gasteiger partial charge < -0.3 is 9.47 Å². The van der Waals surface area contributed by atoms with Crippen molar-refractivity contribution >= 4 is 0 Å². The summed E-state index contributed by atoms with van der Waals surface area (Å²) in [5, 5.41) is 0. The molecule has 1 atom stereocenters. The molecular weight excluding hydrogens is 92.1 g/mol. The average molecular weight is 99.1 g/mol. The molecule has 0 bridgehead atoms. The van der Waals surface area contributed by atoms with Crippen molar-refractivity contribution in [1.29, 1.82) is 0 Å². The fourth-order valence-electron chi connectivity index (χ4n) is 0.425. The van der Waals surface area contributed by atoms with Gasteiger partial charge in [-0.1, -0.05) is 0 Å². The largest absolute Gasteiger partial charge is 0.491 e. The summed E-state index contributed by atoms with van der Waals surface area (Å²) in [5.74, 6) is 0. The normalized spacial score (nSPS) is 27.9. The van der Waals surface area contributed by atoms with Gasteiger partial charge in [-0.15, -0.1) is 0 Å². The third-order valence-corrected chi connectivity index (χ3v) is 0.832. The first-order valence-corrected chi connectivity index (χ1v) is 2.12. The Kier molecular flexibility index (Phi) is 1.32. The highest BCUT2D eigenvalue weighted by Crippen LogP contribution is 2.06. The summed E-state index contributed by atoms with van der Waals surface area (Å²) in [6, 6.07) is 0. The van der Waals surface area contributed by atoms with Crippen LogP contribution in [0.15, 0.2) is 12.3 Å². The molecule has 0 saturated carbocycles. The van der Waals surface area contributed by atoms with E-state index in [0.717, 1.165) is 0 Å². The Morgan fingerprint density at radius 1 is 1.71 bits per heavy atom. The van der Waals surface area contributed by atoms with Gasteiger partial charge in [-0.05, 0) is 6.08 Å². The molecule has 0 aromatic heterocycles. The summed E-state index contributed by atoms with van der Waals surface area (Å²) >= 11 is 0. The minimum Gasteiger partial charge on any atom is -0.491 e. The molecule has 39 valence electrons. The van der Waals surface area contributed by atoms with Gasteiger partial charge in [0.25, 0.3) is 0 Å². The summed E-state index contributed by atoms with van der Waals surface area (Å²) in [6.07, 6.45) is 3.51. The van der Waals surface area contributed by atoms with Crippen molar-refractivity contribution in [1.82, 2.24) is 0 Å². The van der Waals surface area contributed by atoms with E-state index in [1.54, 1.807) is 20.0 Å². The zero-order valence-electron chi connectivity index (χ0n) is 4.13. The standard InChI is InChI=1S/C5H7O2/c1-6-5-2-3-7-4-5/h2-5H,1H3. The van der Waals surface area contributed by atoms with Gasteiger partial charge in [0.15, 0.2) is 6.61 Å². The molecule has 1 rings (SSSR count). The second-order valence-electron chi connectivity index (χ2n) is 1.30. The predicted molar refractivity (Wildman–Crippen MR) is 25.3 cm³/mol. The maximum Gasteiger partial charge on any atom is 0.167 e. The van der Waals surface area contributed by atoms with Gasteiger partial charge in [0.2, 0.25) is 0 Å². The van der Waals surface area contributed by atoms with Crippen LogP contribution in [0.1, 0.15) is 0 Å². The van der Waals surface area contributed by atoms with E-state index in [4.69, 9.17) is 9.47 Å². The quantitative estimate of drug-likeness (QED) is 0.482. The Morgan fingerprint density at radius 2 is 2.57 bits per heavy atom. The average Bonchev–Trinajstić information content (AvgIpc) is 2.14. The lowest BCUT2D eigenvalue weighted by Gasteiger charge is -1.98. The van der Waals surface area contributed by atoms with Crippen LogP contribution in [0.5, 0.6) is 0 Å². The molecule has 1 aliphatic rings. The molecule has 0 aromatic rings. The lowest BCUT2D eigenvalue weighted by Crippen LogP contribution is -2.01. The summed E-state index contributed by atoms with van der Waals surface area (Å²) in [7, 11) is 1.64. The molecule has 1 radical (unpaired) electrons. The third-order valence-electron chi connectivity index (χ3n) is 0.832. The van der Waals surface area contributed by atoms with Crippen molar-refractivity contribution < 1.29 is 9.47 Å². The molecule has 2 nitrogen and oxygen atoms in total. The van der Waals surface area contributed by atoms with Gasteiger partial charge in [0.1, 0.15) is 6.10 Å². The van der Waals surface area contributed by atoms with Crippen LogP contribution in [0.4, 0.5) is 0 Å². The van der Waals surface area contributed by atoms with Gasteiger partial charge in [0, 0.05) is 7.11 Å². The summed E-state index contributed by atoms with van der Waals surface area (Å²) in [4.78, 5) is 0. The molecule has 0 amide bonds. The minimum absolute atomic E-state index is 0.0694. The maximum atomic E-state index is 4.84. The van der Waals surface area contributed by atoms with E-state index in [1.807, 2.05) is 6.08 Å². The molecular formula is C5H7O2. The number of hydrogen-bond donors (Lipinski definition) is 0. The second-order valence-corrected chi connectivity index (χ2v) is 1.30. The van der Waals surface area contributed by atoms with Crippen molar-refractivity contribution in [3.05, 3.63) is 18.9 Å². The molecule has 0 aromatic carbocycles. The van der Waals surface area contributed by atoms with Crippen LogP contribution in [-0.2, 0) is 9.47 Å². The second kappa shape index (κ2) is 1.98. The van der Waals surface area contributed by atoms with Crippen molar-refractivity contribution in [2.75, 3.05) is 7.11 Å². The Bertz CT molecular complexity index is 78.1. The molecule has 0 saturated heterocycles. The van der Waals surface area contributed by atoms with Crippen molar-refractivity contribution in [3.63, 3.8) is 0 Å². The number of ether oxygens (including phenoxy) is 2. The first kappa shape index (κ1) is 4.65. The van der Waals surface area contributed by atoms with Gasteiger partial charge in [-0.25, -0.2) is 0 Å². The Morgan fingerprint density at radius 3 is 2.86 bits per heavy atom. The van der Waals surface area contributed by atoms with Gasteiger partial charge in [0.05, 0.1) is 6.26 Å². The SMILES string of the molecule is COC1[CH]OC=C1. The Hall–Kier alpha value is -0.500. The molecule has 7 heavy (non-hydrogen) atoms. The summed E-state index contributed by atoms with van der Waals surface area (Å²) in [5.41, 5.74) is 0. The van der Waals surface area contributed by atoms with E-state index in [9.17, 15) is 0 Å². The zero-order chi connectivity index (χ0) is 5.11. The number of hydrogen-bond acceptors (Lipinski definition) is 2. The van der Waals surface area contributed by atoms with Crippen LogP contribution in [0, 0.1) is 6.61 Å². The molecule has 0 fully saturated rings. The Labute approximate surface area is 42.7 Å². The molecule has 1 unspecified atom stereocenters. The van der Waals surface area contributed by atoms with Crippen LogP contribution in [0.25, 0.3) is 0 Å².